The molecule has 0 aliphatic carbocycles. The summed E-state index contributed by atoms with van der Waals surface area (Å²) in [6.45, 7) is 1.09. The first-order valence-electron chi connectivity index (χ1n) is 9.58. The van der Waals surface area contributed by atoms with E-state index in [0.29, 0.717) is 28.4 Å². The first-order valence-corrected chi connectivity index (χ1v) is 9.58. The van der Waals surface area contributed by atoms with Crippen LogP contribution in [0.2, 0.25) is 0 Å². The van der Waals surface area contributed by atoms with Gasteiger partial charge in [-0.2, -0.15) is 0 Å². The van der Waals surface area contributed by atoms with Crippen LogP contribution in [0.1, 0.15) is 34.0 Å². The minimum absolute atomic E-state index is 0.0639. The van der Waals surface area contributed by atoms with Gasteiger partial charge in [-0.15, -0.1) is 0 Å². The molecule has 2 N–H and O–H groups in total. The van der Waals surface area contributed by atoms with Crippen LogP contribution in [0.4, 0.5) is 5.69 Å². The standard InChI is InChI=1S/C22H28N2O5/c1-24-9-5-6-14-10-15(7-8-17(14)24)22(26)23-13-18(25)16-11-19(27-2)21(29-4)20(12-16)28-3/h7-8,10-12,18,25H,5-6,9,13H2,1-4H3,(H,23,26). The Kier molecular flexibility index (Phi) is 6.49. The summed E-state index contributed by atoms with van der Waals surface area (Å²) >= 11 is 0. The predicted octanol–water partition coefficient (Wildman–Crippen LogP) is 2.56. The van der Waals surface area contributed by atoms with E-state index in [0.717, 1.165) is 19.4 Å². The predicted molar refractivity (Wildman–Crippen MR) is 111 cm³/mol. The molecule has 1 unspecified atom stereocenters. The Morgan fingerprint density at radius 3 is 2.45 bits per heavy atom. The van der Waals surface area contributed by atoms with Crippen molar-refractivity contribution >= 4 is 11.6 Å². The molecule has 2 aromatic carbocycles. The lowest BCUT2D eigenvalue weighted by atomic mass is 9.99. The Balaban J connectivity index is 1.70. The van der Waals surface area contributed by atoms with Gasteiger partial charge in [0.15, 0.2) is 11.5 Å². The number of aryl methyl sites for hydroxylation is 1. The number of carbonyl (C=O) groups is 1. The van der Waals surface area contributed by atoms with Gasteiger partial charge in [0.25, 0.3) is 5.91 Å². The highest BCUT2D eigenvalue weighted by atomic mass is 16.5. The topological polar surface area (TPSA) is 80.3 Å². The van der Waals surface area contributed by atoms with Gasteiger partial charge in [0, 0.05) is 31.4 Å². The number of aliphatic hydroxyl groups is 1. The van der Waals surface area contributed by atoms with E-state index in [1.807, 2.05) is 18.2 Å². The van der Waals surface area contributed by atoms with Crippen LogP contribution in [0.3, 0.4) is 0 Å². The number of amides is 1. The van der Waals surface area contributed by atoms with Crippen LogP contribution in [0.5, 0.6) is 17.2 Å². The van der Waals surface area contributed by atoms with Gasteiger partial charge in [-0.3, -0.25) is 4.79 Å². The zero-order valence-electron chi connectivity index (χ0n) is 17.3. The third kappa shape index (κ3) is 4.40. The van der Waals surface area contributed by atoms with E-state index >= 15 is 0 Å². The zero-order valence-corrected chi connectivity index (χ0v) is 17.3. The molecule has 1 atom stereocenters. The molecule has 0 fully saturated rings. The second-order valence-electron chi connectivity index (χ2n) is 7.05. The number of nitrogens with one attached hydrogen (secondary N) is 1. The number of hydrogen-bond acceptors (Lipinski definition) is 6. The highest BCUT2D eigenvalue weighted by Crippen LogP contribution is 2.39. The van der Waals surface area contributed by atoms with Crippen molar-refractivity contribution in [3.63, 3.8) is 0 Å². The summed E-state index contributed by atoms with van der Waals surface area (Å²) in [7, 11) is 6.62. The number of anilines is 1. The molecule has 1 aliphatic heterocycles. The monoisotopic (exact) mass is 400 g/mol. The smallest absolute Gasteiger partial charge is 0.251 e. The molecule has 7 nitrogen and oxygen atoms in total. The summed E-state index contributed by atoms with van der Waals surface area (Å²) < 4.78 is 15.9. The summed E-state index contributed by atoms with van der Waals surface area (Å²) in [6.07, 6.45) is 1.12. The number of ether oxygens (including phenoxy) is 3. The first kappa shape index (κ1) is 20.8. The minimum Gasteiger partial charge on any atom is -0.493 e. The number of methoxy groups -OCH3 is 3. The van der Waals surface area contributed by atoms with Crippen LogP contribution in [-0.2, 0) is 6.42 Å². The summed E-state index contributed by atoms with van der Waals surface area (Å²) in [5, 5.41) is 13.4. The highest BCUT2D eigenvalue weighted by molar-refractivity contribution is 5.95. The molecule has 7 heteroatoms. The fourth-order valence-corrected chi connectivity index (χ4v) is 3.63. The largest absolute Gasteiger partial charge is 0.493 e. The second kappa shape index (κ2) is 9.05. The Morgan fingerprint density at radius 1 is 1.14 bits per heavy atom. The van der Waals surface area contributed by atoms with Crippen LogP contribution >= 0.6 is 0 Å². The molecule has 0 aromatic heterocycles. The lowest BCUT2D eigenvalue weighted by Crippen LogP contribution is -2.29. The molecular formula is C22H28N2O5. The molecule has 0 spiro atoms. The second-order valence-corrected chi connectivity index (χ2v) is 7.05. The van der Waals surface area contributed by atoms with Gasteiger partial charge in [-0.25, -0.2) is 0 Å². The van der Waals surface area contributed by atoms with E-state index in [1.54, 1.807) is 12.1 Å². The van der Waals surface area contributed by atoms with Crippen molar-refractivity contribution in [3.05, 3.63) is 47.0 Å². The van der Waals surface area contributed by atoms with Crippen molar-refractivity contribution in [1.82, 2.24) is 5.32 Å². The normalized spacial score (nSPS) is 14.0. The molecule has 29 heavy (non-hydrogen) atoms. The molecule has 0 bridgehead atoms. The maximum atomic E-state index is 12.6. The van der Waals surface area contributed by atoms with Crippen LogP contribution in [0.15, 0.2) is 30.3 Å². The number of nitrogens with zero attached hydrogens (tertiary/aromatic N) is 1. The van der Waals surface area contributed by atoms with Gasteiger partial charge in [0.1, 0.15) is 0 Å². The van der Waals surface area contributed by atoms with Gasteiger partial charge < -0.3 is 29.5 Å². The molecule has 2 aromatic rings. The number of fused-ring (bicyclic) bond motifs is 1. The third-order valence-corrected chi connectivity index (χ3v) is 5.22. The van der Waals surface area contributed by atoms with Crippen molar-refractivity contribution in [2.24, 2.45) is 0 Å². The molecule has 0 saturated heterocycles. The SMILES string of the molecule is COc1cc(C(O)CNC(=O)c2ccc3c(c2)CCCN3C)cc(OC)c1OC. The molecule has 0 radical (unpaired) electrons. The molecule has 0 saturated carbocycles. The first-order chi connectivity index (χ1) is 14.0. The quantitative estimate of drug-likeness (QED) is 0.744. The number of rotatable bonds is 7. The van der Waals surface area contributed by atoms with Gasteiger partial charge in [-0.05, 0) is 54.3 Å². The van der Waals surface area contributed by atoms with E-state index in [9.17, 15) is 9.90 Å². The van der Waals surface area contributed by atoms with Crippen molar-refractivity contribution in [2.45, 2.75) is 18.9 Å². The number of aliphatic hydroxyl groups excluding tert-OH is 1. The maximum absolute atomic E-state index is 12.6. The van der Waals surface area contributed by atoms with E-state index < -0.39 is 6.10 Å². The Morgan fingerprint density at radius 2 is 1.83 bits per heavy atom. The highest BCUT2D eigenvalue weighted by Gasteiger charge is 2.19. The van der Waals surface area contributed by atoms with Crippen LogP contribution in [0.25, 0.3) is 0 Å². The summed E-state index contributed by atoms with van der Waals surface area (Å²) in [5.74, 6) is 1.14. The molecule has 1 amide bonds. The van der Waals surface area contributed by atoms with Crippen LogP contribution < -0.4 is 24.4 Å². The molecule has 3 rings (SSSR count). The number of hydrogen-bond donors (Lipinski definition) is 2. The van der Waals surface area contributed by atoms with E-state index in [4.69, 9.17) is 14.2 Å². The van der Waals surface area contributed by atoms with Crippen molar-refractivity contribution in [2.75, 3.05) is 46.4 Å². The molecule has 1 aliphatic rings. The molecular weight excluding hydrogens is 372 g/mol. The van der Waals surface area contributed by atoms with Crippen molar-refractivity contribution < 1.29 is 24.1 Å². The summed E-state index contributed by atoms with van der Waals surface area (Å²) in [6, 6.07) is 9.09. The number of carbonyl (C=O) groups excluding carboxylic acids is 1. The fraction of sp³-hybridized carbons (Fsp3) is 0.409. The Hall–Kier alpha value is -2.93. The Bertz CT molecular complexity index is 858. The van der Waals surface area contributed by atoms with Gasteiger partial charge >= 0.3 is 0 Å². The van der Waals surface area contributed by atoms with Crippen molar-refractivity contribution in [1.29, 1.82) is 0 Å². The van der Waals surface area contributed by atoms with E-state index in [-0.39, 0.29) is 12.5 Å². The third-order valence-electron chi connectivity index (χ3n) is 5.22. The van der Waals surface area contributed by atoms with Gasteiger partial charge in [0.2, 0.25) is 5.75 Å². The van der Waals surface area contributed by atoms with Crippen molar-refractivity contribution in [3.8, 4) is 17.2 Å². The average Bonchev–Trinajstić information content (AvgIpc) is 2.75. The lowest BCUT2D eigenvalue weighted by molar-refractivity contribution is 0.0916. The lowest BCUT2D eigenvalue weighted by Gasteiger charge is -2.27. The number of benzene rings is 2. The minimum atomic E-state index is -0.920. The average molecular weight is 400 g/mol. The van der Waals surface area contributed by atoms with Crippen LogP contribution in [0, 0.1) is 0 Å². The van der Waals surface area contributed by atoms with E-state index in [2.05, 4.69) is 17.3 Å². The maximum Gasteiger partial charge on any atom is 0.251 e. The summed E-state index contributed by atoms with van der Waals surface area (Å²) in [4.78, 5) is 14.8. The molecule has 156 valence electrons. The van der Waals surface area contributed by atoms with Crippen LogP contribution in [-0.4, -0.2) is 52.5 Å². The summed E-state index contributed by atoms with van der Waals surface area (Å²) in [5.41, 5.74) is 3.50. The van der Waals surface area contributed by atoms with Gasteiger partial charge in [-0.1, -0.05) is 0 Å². The Labute approximate surface area is 171 Å². The fourth-order valence-electron chi connectivity index (χ4n) is 3.63. The van der Waals surface area contributed by atoms with Gasteiger partial charge in [0.05, 0.1) is 27.4 Å². The zero-order chi connectivity index (χ0) is 21.0. The molecule has 1 heterocycles. The van der Waals surface area contributed by atoms with E-state index in [1.165, 1.54) is 32.6 Å².